The predicted molar refractivity (Wildman–Crippen MR) is 99.6 cm³/mol. The van der Waals surface area contributed by atoms with Crippen molar-refractivity contribution in [1.29, 1.82) is 0 Å². The van der Waals surface area contributed by atoms with Gasteiger partial charge in [-0.3, -0.25) is 14.9 Å². The molecule has 1 aromatic rings. The molecule has 0 radical (unpaired) electrons. The topological polar surface area (TPSA) is 94.3 Å². The second-order valence-electron chi connectivity index (χ2n) is 5.88. The molecule has 0 aliphatic carbocycles. The molecule has 2 heterocycles. The van der Waals surface area contributed by atoms with E-state index in [1.807, 2.05) is 0 Å². The maximum atomic E-state index is 12.3. The Bertz CT molecular complexity index is 800. The molecule has 2 aliphatic heterocycles. The summed E-state index contributed by atoms with van der Waals surface area (Å²) in [6.07, 6.45) is 4.83. The summed E-state index contributed by atoms with van der Waals surface area (Å²) in [7, 11) is 2.86. The Kier molecular flexibility index (Phi) is 5.46. The highest BCUT2D eigenvalue weighted by Crippen LogP contribution is 2.38. The summed E-state index contributed by atoms with van der Waals surface area (Å²) in [6.45, 7) is 1.76. The first-order valence-corrected chi connectivity index (χ1v) is 9.03. The summed E-state index contributed by atoms with van der Waals surface area (Å²) in [5.41, 5.74) is 0.119. The van der Waals surface area contributed by atoms with E-state index in [0.29, 0.717) is 15.8 Å². The van der Waals surface area contributed by atoms with E-state index in [1.54, 1.807) is 0 Å². The smallest absolute Gasteiger partial charge is 0.286 e. The van der Waals surface area contributed by atoms with Crippen LogP contribution in [0.3, 0.4) is 0 Å². The molecule has 1 amide bonds. The largest absolute Gasteiger partial charge is 0.493 e. The van der Waals surface area contributed by atoms with E-state index in [-0.39, 0.29) is 22.9 Å². The van der Waals surface area contributed by atoms with E-state index >= 15 is 0 Å². The lowest BCUT2D eigenvalue weighted by Crippen LogP contribution is -2.33. The van der Waals surface area contributed by atoms with E-state index in [1.165, 1.54) is 50.6 Å². The summed E-state index contributed by atoms with van der Waals surface area (Å²) >= 11 is 1.26. The number of thioether (sulfide) groups is 1. The number of nitro benzene ring substituents is 1. The molecule has 0 saturated carbocycles. The van der Waals surface area contributed by atoms with Crippen molar-refractivity contribution in [3.8, 4) is 11.5 Å². The Morgan fingerprint density at radius 2 is 1.85 bits per heavy atom. The quantitative estimate of drug-likeness (QED) is 0.452. The van der Waals surface area contributed by atoms with Gasteiger partial charge in [-0.15, -0.1) is 0 Å². The highest BCUT2D eigenvalue weighted by atomic mass is 32.2. The van der Waals surface area contributed by atoms with Gasteiger partial charge in [-0.05, 0) is 43.2 Å². The highest BCUT2D eigenvalue weighted by molar-refractivity contribution is 8.18. The molecule has 0 bridgehead atoms. The first-order chi connectivity index (χ1) is 12.5. The van der Waals surface area contributed by atoms with Gasteiger partial charge < -0.3 is 14.4 Å². The number of benzene rings is 1. The average molecular weight is 377 g/mol. The molecule has 0 unspecified atom stereocenters. The minimum Gasteiger partial charge on any atom is -0.493 e. The van der Waals surface area contributed by atoms with Crippen LogP contribution in [0.5, 0.6) is 11.5 Å². The Morgan fingerprint density at radius 1 is 1.19 bits per heavy atom. The molecule has 0 N–H and O–H groups in total. The SMILES string of the molecule is COc1cc(/C=C2\SC(N3CCCCC3)=NC2=O)c([N+](=O)[O-])cc1OC. The van der Waals surface area contributed by atoms with Gasteiger partial charge in [0.2, 0.25) is 0 Å². The van der Waals surface area contributed by atoms with Gasteiger partial charge in [0.25, 0.3) is 11.6 Å². The van der Waals surface area contributed by atoms with Gasteiger partial charge in [-0.2, -0.15) is 4.99 Å². The highest BCUT2D eigenvalue weighted by Gasteiger charge is 2.28. The van der Waals surface area contributed by atoms with Crippen molar-refractivity contribution in [2.75, 3.05) is 27.3 Å². The number of hydrogen-bond acceptors (Lipinski definition) is 7. The summed E-state index contributed by atoms with van der Waals surface area (Å²) in [5.74, 6) is 0.245. The number of carbonyl (C=O) groups excluding carboxylic acids is 1. The fraction of sp³-hybridized carbons (Fsp3) is 0.412. The van der Waals surface area contributed by atoms with Gasteiger partial charge in [0.1, 0.15) is 0 Å². The summed E-state index contributed by atoms with van der Waals surface area (Å²) in [6, 6.07) is 2.79. The predicted octanol–water partition coefficient (Wildman–Crippen LogP) is 3.07. The molecule has 2 aliphatic rings. The second kappa shape index (κ2) is 7.77. The van der Waals surface area contributed by atoms with Crippen LogP contribution in [-0.2, 0) is 4.79 Å². The number of nitro groups is 1. The zero-order valence-electron chi connectivity index (χ0n) is 14.6. The molecular weight excluding hydrogens is 358 g/mol. The number of piperidine rings is 1. The molecule has 1 fully saturated rings. The van der Waals surface area contributed by atoms with Crippen molar-refractivity contribution in [2.24, 2.45) is 4.99 Å². The fourth-order valence-electron chi connectivity index (χ4n) is 2.92. The molecule has 0 atom stereocenters. The molecule has 8 nitrogen and oxygen atoms in total. The lowest BCUT2D eigenvalue weighted by Gasteiger charge is -2.27. The van der Waals surface area contributed by atoms with Crippen molar-refractivity contribution in [1.82, 2.24) is 4.90 Å². The number of amidine groups is 1. The molecule has 9 heteroatoms. The first-order valence-electron chi connectivity index (χ1n) is 8.21. The third-order valence-corrected chi connectivity index (χ3v) is 5.30. The van der Waals surface area contributed by atoms with Crippen LogP contribution in [0.15, 0.2) is 22.0 Å². The maximum Gasteiger partial charge on any atom is 0.286 e. The minimum atomic E-state index is -0.509. The third-order valence-electron chi connectivity index (χ3n) is 4.25. The van der Waals surface area contributed by atoms with Crippen molar-refractivity contribution < 1.29 is 19.2 Å². The van der Waals surface area contributed by atoms with Crippen LogP contribution in [0.1, 0.15) is 24.8 Å². The van der Waals surface area contributed by atoms with E-state index in [2.05, 4.69) is 9.89 Å². The maximum absolute atomic E-state index is 12.3. The van der Waals surface area contributed by atoms with Crippen LogP contribution in [-0.4, -0.2) is 48.2 Å². The lowest BCUT2D eigenvalue weighted by atomic mass is 10.1. The number of amides is 1. The Morgan fingerprint density at radius 3 is 2.46 bits per heavy atom. The van der Waals surface area contributed by atoms with E-state index in [0.717, 1.165) is 25.9 Å². The lowest BCUT2D eigenvalue weighted by molar-refractivity contribution is -0.385. The number of ether oxygens (including phenoxy) is 2. The van der Waals surface area contributed by atoms with Gasteiger partial charge in [-0.1, -0.05) is 0 Å². The van der Waals surface area contributed by atoms with Crippen LogP contribution in [0.2, 0.25) is 0 Å². The molecule has 138 valence electrons. The first kappa shape index (κ1) is 18.2. The van der Waals surface area contributed by atoms with Crippen LogP contribution in [0, 0.1) is 10.1 Å². The van der Waals surface area contributed by atoms with Gasteiger partial charge in [-0.25, -0.2) is 0 Å². The second-order valence-corrected chi connectivity index (χ2v) is 6.89. The van der Waals surface area contributed by atoms with Crippen molar-refractivity contribution in [3.05, 3.63) is 32.7 Å². The summed E-state index contributed by atoms with van der Waals surface area (Å²) in [4.78, 5) is 29.7. The normalized spacial score (nSPS) is 18.8. The van der Waals surface area contributed by atoms with Crippen LogP contribution >= 0.6 is 11.8 Å². The van der Waals surface area contributed by atoms with Crippen LogP contribution in [0.25, 0.3) is 6.08 Å². The zero-order chi connectivity index (χ0) is 18.7. The molecule has 26 heavy (non-hydrogen) atoms. The number of nitrogens with zero attached hydrogens (tertiary/aromatic N) is 3. The van der Waals surface area contributed by atoms with Crippen LogP contribution < -0.4 is 9.47 Å². The minimum absolute atomic E-state index is 0.157. The van der Waals surface area contributed by atoms with Gasteiger partial charge in [0.15, 0.2) is 16.7 Å². The molecule has 3 rings (SSSR count). The van der Waals surface area contributed by atoms with Gasteiger partial charge in [0.05, 0.1) is 35.7 Å². The summed E-state index contributed by atoms with van der Waals surface area (Å²) < 4.78 is 10.3. The van der Waals surface area contributed by atoms with Crippen molar-refractivity contribution >= 4 is 34.6 Å². The fourth-order valence-corrected chi connectivity index (χ4v) is 3.87. The van der Waals surface area contributed by atoms with Gasteiger partial charge in [0, 0.05) is 13.1 Å². The Balaban J connectivity index is 1.92. The standard InChI is InChI=1S/C17H19N3O5S/c1-24-13-8-11(12(20(22)23)10-14(13)25-2)9-15-16(21)18-17(26-15)19-6-4-3-5-7-19/h8-10H,3-7H2,1-2H3/b15-9-. The van der Waals surface area contributed by atoms with Crippen molar-refractivity contribution in [2.45, 2.75) is 19.3 Å². The molecule has 1 saturated heterocycles. The van der Waals surface area contributed by atoms with Crippen molar-refractivity contribution in [3.63, 3.8) is 0 Å². The monoisotopic (exact) mass is 377 g/mol. The number of rotatable bonds is 4. The summed E-state index contributed by atoms with van der Waals surface area (Å²) in [5, 5.41) is 12.1. The Labute approximate surface area is 155 Å². The van der Waals surface area contributed by atoms with Crippen LogP contribution in [0.4, 0.5) is 5.69 Å². The molecule has 1 aromatic carbocycles. The number of aliphatic imine (C=N–C) groups is 1. The molecular formula is C17H19N3O5S. The molecule has 0 spiro atoms. The average Bonchev–Trinajstić information content (AvgIpc) is 3.02. The third kappa shape index (κ3) is 3.67. The Hall–Kier alpha value is -2.55. The number of likely N-dealkylation sites (tertiary alicyclic amines) is 1. The molecule has 0 aromatic heterocycles. The number of hydrogen-bond donors (Lipinski definition) is 0. The van der Waals surface area contributed by atoms with Gasteiger partial charge >= 0.3 is 0 Å². The zero-order valence-corrected chi connectivity index (χ0v) is 15.4. The number of methoxy groups -OCH3 is 2. The van der Waals surface area contributed by atoms with E-state index < -0.39 is 4.92 Å². The van der Waals surface area contributed by atoms with E-state index in [4.69, 9.17) is 9.47 Å². The van der Waals surface area contributed by atoms with E-state index in [9.17, 15) is 14.9 Å². The number of carbonyl (C=O) groups is 1.